The minimum absolute atomic E-state index is 0. The Labute approximate surface area is 574 Å². The molecule has 6 aromatic carbocycles. The fourth-order valence-electron chi connectivity index (χ4n) is 3.95. The van der Waals surface area contributed by atoms with Crippen LogP contribution in [0.4, 0.5) is 0 Å². The maximum Gasteiger partial charge on any atom is 0.148 e. The van der Waals surface area contributed by atoms with Crippen LogP contribution >= 0.6 is 0 Å². The zero-order chi connectivity index (χ0) is 62.4. The summed E-state index contributed by atoms with van der Waals surface area (Å²) in [6.07, 6.45) is 4.72. The van der Waals surface area contributed by atoms with Gasteiger partial charge in [0.2, 0.25) is 0 Å². The first kappa shape index (κ1) is 116. The number of oxime groups is 6. The number of aromatic hydroxyl groups is 6. The third-order valence-corrected chi connectivity index (χ3v) is 6.80. The molecule has 34 heteroatoms. The Morgan fingerprint density at radius 1 is 0.273 bits per heavy atom. The van der Waals surface area contributed by atoms with E-state index >= 15 is 0 Å². The van der Waals surface area contributed by atoms with Crippen LogP contribution in [0.2, 0.25) is 0 Å². The molecular weight excluding hydrogens is 1410 g/mol. The van der Waals surface area contributed by atoms with Crippen LogP contribution in [0, 0.1) is 0 Å². The van der Waals surface area contributed by atoms with Crippen LogP contribution in [0.3, 0.4) is 0 Å². The van der Waals surface area contributed by atoms with E-state index < -0.39 is 12.6 Å². The molecule has 0 spiro atoms. The number of para-hydroxylation sites is 6. The summed E-state index contributed by atoms with van der Waals surface area (Å²) >= 11 is 0. The van der Waals surface area contributed by atoms with Gasteiger partial charge in [0.05, 0.1) is 37.3 Å². The molecule has 0 heterocycles. The standard InChI is InChI=1S/6C7H7NO2.2C2H6O2.4C2H6O.6Mn.2H2O/c6*9-7-4-2-1-3-6(7)5-8-10;2*1-2(3)4;4*1-2-3;;;;;;;;/h6*1-5,9-10H;2*2-4H,1H3;4*3H,2H2,1H3;;;;;;;2*1H2/b6*8-5+;;;;;;;;;;;;;;. The van der Waals surface area contributed by atoms with Gasteiger partial charge in [0.15, 0.2) is 0 Å². The topological polar surface area (TPSA) is 542 Å². The predicted octanol–water partition coefficient (Wildman–Crippen LogP) is 4.17. The molecular formula is C54H82Mn6N6O22. The maximum atomic E-state index is 9.04. The van der Waals surface area contributed by atoms with Crippen molar-refractivity contribution >= 4 is 37.3 Å². The van der Waals surface area contributed by atoms with Gasteiger partial charge >= 0.3 is 0 Å². The Kier molecular flexibility index (Phi) is 118. The zero-order valence-corrected chi connectivity index (χ0v) is 55.3. The van der Waals surface area contributed by atoms with Gasteiger partial charge in [-0.05, 0) is 114 Å². The van der Waals surface area contributed by atoms with E-state index in [1.54, 1.807) is 137 Å². The first-order valence-electron chi connectivity index (χ1n) is 23.1. The van der Waals surface area contributed by atoms with Gasteiger partial charge in [-0.15, -0.1) is 0 Å². The van der Waals surface area contributed by atoms with Crippen molar-refractivity contribution in [1.82, 2.24) is 0 Å². The summed E-state index contributed by atoms with van der Waals surface area (Å²) in [6, 6.07) is 39.7. The molecule has 88 heavy (non-hydrogen) atoms. The molecule has 28 nitrogen and oxygen atoms in total. The molecule has 0 unspecified atom stereocenters. The SMILES string of the molecule is CC(O)O.CC(O)O.CCO.CCO.CCO.CCO.O.O.O/N=C/c1ccccc1O.O/N=C/c1ccccc1O.O/N=C/c1ccccc1O.O/N=C/c1ccccc1O.O/N=C/c1ccccc1O.O/N=C/c1ccccc1O.[Mn].[Mn].[Mn].[Mn].[Mn].[Mn]. The Balaban J connectivity index is -0.0000000576. The second kappa shape index (κ2) is 89.4. The van der Waals surface area contributed by atoms with E-state index in [-0.39, 0.29) is 174 Å². The average molecular weight is 1500 g/mol. The molecule has 0 atom stereocenters. The number of hydrogen-bond acceptors (Lipinski definition) is 26. The van der Waals surface area contributed by atoms with Gasteiger partial charge in [0.25, 0.3) is 0 Å². The Morgan fingerprint density at radius 2 is 0.352 bits per heavy atom. The summed E-state index contributed by atoms with van der Waals surface area (Å²) in [6.45, 7) is 10.3. The van der Waals surface area contributed by atoms with Crippen molar-refractivity contribution in [3.8, 4) is 34.5 Å². The summed E-state index contributed by atoms with van der Waals surface area (Å²) in [5.74, 6) is 0.668. The molecule has 0 saturated heterocycles. The molecule has 6 radical (unpaired) electrons. The number of hydrogen-bond donors (Lipinski definition) is 20. The normalized spacial score (nSPS) is 8.73. The van der Waals surface area contributed by atoms with E-state index in [1.165, 1.54) is 87.5 Å². The largest absolute Gasteiger partial charge is 0.507 e. The van der Waals surface area contributed by atoms with E-state index in [9.17, 15) is 0 Å². The number of rotatable bonds is 6. The second-order valence-corrected chi connectivity index (χ2v) is 13.3. The quantitative estimate of drug-likeness (QED) is 0.0366. The van der Waals surface area contributed by atoms with Crippen LogP contribution in [-0.4, -0.2) is 190 Å². The molecule has 6 rings (SSSR count). The van der Waals surface area contributed by atoms with Crippen molar-refractivity contribution < 1.29 is 216 Å². The predicted molar refractivity (Wildman–Crippen MR) is 311 cm³/mol. The van der Waals surface area contributed by atoms with Gasteiger partial charge < -0.3 is 114 Å². The van der Waals surface area contributed by atoms with E-state index in [1.807, 2.05) is 0 Å². The maximum absolute atomic E-state index is 9.04. The minimum Gasteiger partial charge on any atom is -0.507 e. The molecule has 0 bridgehead atoms. The van der Waals surface area contributed by atoms with Crippen molar-refractivity contribution in [1.29, 1.82) is 0 Å². The van der Waals surface area contributed by atoms with E-state index in [2.05, 4.69) is 30.9 Å². The number of benzene rings is 6. The summed E-state index contributed by atoms with van der Waals surface area (Å²) in [5.41, 5.74) is 3.03. The number of phenols is 6. The number of nitrogens with zero attached hydrogens (tertiary/aromatic N) is 6. The van der Waals surface area contributed by atoms with E-state index in [4.69, 9.17) is 103 Å². The summed E-state index contributed by atoms with van der Waals surface area (Å²) in [5, 5.41) is 180. The fraction of sp³-hybridized carbons (Fsp3) is 0.222. The smallest absolute Gasteiger partial charge is 0.148 e. The van der Waals surface area contributed by atoms with Crippen molar-refractivity contribution in [3.63, 3.8) is 0 Å². The first-order valence-corrected chi connectivity index (χ1v) is 23.1. The van der Waals surface area contributed by atoms with Gasteiger partial charge in [-0.2, -0.15) is 0 Å². The third-order valence-electron chi connectivity index (χ3n) is 6.80. The summed E-state index contributed by atoms with van der Waals surface area (Å²) in [4.78, 5) is 0. The van der Waals surface area contributed by atoms with Gasteiger partial charge in [-0.1, -0.05) is 104 Å². The van der Waals surface area contributed by atoms with Crippen LogP contribution in [-0.2, 0) is 102 Å². The van der Waals surface area contributed by atoms with Crippen molar-refractivity contribution in [2.75, 3.05) is 26.4 Å². The third kappa shape index (κ3) is 81.7. The Hall–Kier alpha value is -6.34. The second-order valence-electron chi connectivity index (χ2n) is 13.3. The molecule has 0 aliphatic carbocycles. The zero-order valence-electron chi connectivity index (χ0n) is 48.2. The number of phenolic OH excluding ortho intramolecular Hbond substituents is 6. The minimum atomic E-state index is -1.17. The number of aliphatic hydroxyl groups excluding tert-OH is 6. The van der Waals surface area contributed by atoms with E-state index in [0.717, 1.165) is 0 Å². The van der Waals surface area contributed by atoms with Crippen LogP contribution in [0.1, 0.15) is 74.9 Å². The first-order chi connectivity index (χ1) is 38.2. The molecule has 0 aromatic heterocycles. The van der Waals surface area contributed by atoms with Gasteiger partial charge in [-0.25, -0.2) is 0 Å². The van der Waals surface area contributed by atoms with Crippen LogP contribution in [0.15, 0.2) is 177 Å². The van der Waals surface area contributed by atoms with Crippen molar-refractivity contribution in [3.05, 3.63) is 179 Å². The molecule has 0 saturated carbocycles. The van der Waals surface area contributed by atoms with Gasteiger partial charge in [0.1, 0.15) is 47.1 Å². The fourth-order valence-corrected chi connectivity index (χ4v) is 3.95. The molecule has 502 valence electrons. The average Bonchev–Trinajstić information content (AvgIpc) is 3.40. The van der Waals surface area contributed by atoms with Crippen LogP contribution < -0.4 is 0 Å². The van der Waals surface area contributed by atoms with Crippen molar-refractivity contribution in [2.24, 2.45) is 30.9 Å². The molecule has 6 aromatic rings. The van der Waals surface area contributed by atoms with Crippen LogP contribution in [0.5, 0.6) is 34.5 Å². The van der Waals surface area contributed by atoms with Crippen molar-refractivity contribution in [2.45, 2.75) is 54.1 Å². The van der Waals surface area contributed by atoms with Crippen LogP contribution in [0.25, 0.3) is 0 Å². The molecule has 24 N–H and O–H groups in total. The number of aliphatic hydroxyl groups is 8. The monoisotopic (exact) mass is 1500 g/mol. The molecule has 0 fully saturated rings. The molecule has 0 aliphatic heterocycles. The Morgan fingerprint density at radius 3 is 0.420 bits per heavy atom. The van der Waals surface area contributed by atoms with Gasteiger partial charge in [0, 0.05) is 162 Å². The van der Waals surface area contributed by atoms with Gasteiger partial charge in [-0.3, -0.25) is 0 Å². The molecule has 0 aliphatic rings. The van der Waals surface area contributed by atoms with E-state index in [0.29, 0.717) is 33.4 Å². The Bertz CT molecular complexity index is 2100. The summed E-state index contributed by atoms with van der Waals surface area (Å²) in [7, 11) is 0. The summed E-state index contributed by atoms with van der Waals surface area (Å²) < 4.78 is 0. The molecule has 0 amide bonds.